The Kier molecular flexibility index (Phi) is 3.61. The second-order valence-corrected chi connectivity index (χ2v) is 4.39. The van der Waals surface area contributed by atoms with Gasteiger partial charge in [-0.25, -0.2) is 4.39 Å². The molecule has 2 rings (SSSR count). The Hall–Kier alpha value is -1.58. The van der Waals surface area contributed by atoms with Crippen molar-refractivity contribution in [3.63, 3.8) is 0 Å². The molecule has 0 unspecified atom stereocenters. The van der Waals surface area contributed by atoms with Crippen molar-refractivity contribution in [2.75, 3.05) is 23.3 Å². The minimum absolute atomic E-state index is 0.250. The zero-order valence-corrected chi connectivity index (χ0v) is 10.0. The van der Waals surface area contributed by atoms with Crippen LogP contribution < -0.4 is 10.2 Å². The van der Waals surface area contributed by atoms with E-state index in [1.54, 1.807) is 12.1 Å². The van der Waals surface area contributed by atoms with Gasteiger partial charge in [0.2, 0.25) is 5.91 Å². The molecule has 4 heteroatoms. The lowest BCUT2D eigenvalue weighted by Crippen LogP contribution is -2.29. The molecule has 1 heterocycles. The van der Waals surface area contributed by atoms with E-state index in [-0.39, 0.29) is 17.4 Å². The van der Waals surface area contributed by atoms with Crippen molar-refractivity contribution in [1.29, 1.82) is 0 Å². The minimum Gasteiger partial charge on any atom is -0.371 e. The van der Waals surface area contributed by atoms with Gasteiger partial charge in [-0.2, -0.15) is 0 Å². The van der Waals surface area contributed by atoms with Gasteiger partial charge in [0.05, 0.1) is 5.69 Å². The summed E-state index contributed by atoms with van der Waals surface area (Å²) in [5.41, 5.74) is 1.25. The quantitative estimate of drug-likeness (QED) is 0.856. The number of carbonyl (C=O) groups is 1. The molecule has 3 nitrogen and oxygen atoms in total. The highest BCUT2D eigenvalue weighted by Gasteiger charge is 2.13. The molecule has 1 aliphatic heterocycles. The molecule has 0 aliphatic carbocycles. The molecule has 0 aromatic heterocycles. The van der Waals surface area contributed by atoms with Gasteiger partial charge in [0.1, 0.15) is 5.82 Å². The highest BCUT2D eigenvalue weighted by molar-refractivity contribution is 5.89. The fourth-order valence-electron chi connectivity index (χ4n) is 2.15. The zero-order valence-electron chi connectivity index (χ0n) is 10.0. The van der Waals surface area contributed by atoms with Gasteiger partial charge in [0, 0.05) is 25.7 Å². The maximum Gasteiger partial charge on any atom is 0.221 e. The molecule has 0 saturated carbocycles. The van der Waals surface area contributed by atoms with E-state index in [1.165, 1.54) is 32.3 Å². The summed E-state index contributed by atoms with van der Waals surface area (Å²) < 4.78 is 13.5. The first-order chi connectivity index (χ1) is 8.16. The lowest BCUT2D eigenvalue weighted by atomic mass is 10.1. The molecule has 1 N–H and O–H groups in total. The van der Waals surface area contributed by atoms with Crippen molar-refractivity contribution < 1.29 is 9.18 Å². The van der Waals surface area contributed by atoms with Crippen LogP contribution in [0.2, 0.25) is 0 Å². The standard InChI is InChI=1S/C13H17FN2O/c1-10(17)15-13-9-11(5-6-12(13)14)16-7-3-2-4-8-16/h5-6,9H,2-4,7-8H2,1H3,(H,15,17). The van der Waals surface area contributed by atoms with E-state index in [4.69, 9.17) is 0 Å². The van der Waals surface area contributed by atoms with Crippen LogP contribution in [0.25, 0.3) is 0 Å². The Morgan fingerprint density at radius 2 is 2.00 bits per heavy atom. The third kappa shape index (κ3) is 2.96. The minimum atomic E-state index is -0.388. The molecule has 1 saturated heterocycles. The van der Waals surface area contributed by atoms with Gasteiger partial charge in [0.15, 0.2) is 0 Å². The Labute approximate surface area is 101 Å². The summed E-state index contributed by atoms with van der Waals surface area (Å²) in [4.78, 5) is 13.2. The number of benzene rings is 1. The summed E-state index contributed by atoms with van der Waals surface area (Å²) in [6, 6.07) is 4.89. The van der Waals surface area contributed by atoms with Crippen LogP contribution in [-0.4, -0.2) is 19.0 Å². The van der Waals surface area contributed by atoms with Crippen LogP contribution in [0.4, 0.5) is 15.8 Å². The maximum absolute atomic E-state index is 13.5. The number of carbonyl (C=O) groups excluding carboxylic acids is 1. The van der Waals surface area contributed by atoms with E-state index in [9.17, 15) is 9.18 Å². The summed E-state index contributed by atoms with van der Waals surface area (Å²) in [5.74, 6) is -0.638. The molecule has 1 aromatic rings. The Bertz CT molecular complexity index is 414. The molecular formula is C13H17FN2O. The summed E-state index contributed by atoms with van der Waals surface area (Å²) in [6.07, 6.45) is 3.61. The van der Waals surface area contributed by atoms with Crippen molar-refractivity contribution in [2.45, 2.75) is 26.2 Å². The average Bonchev–Trinajstić information content (AvgIpc) is 2.32. The van der Waals surface area contributed by atoms with E-state index >= 15 is 0 Å². The van der Waals surface area contributed by atoms with Crippen molar-refractivity contribution in [2.24, 2.45) is 0 Å². The molecule has 1 fully saturated rings. The van der Waals surface area contributed by atoms with Gasteiger partial charge in [0.25, 0.3) is 0 Å². The molecule has 1 amide bonds. The van der Waals surface area contributed by atoms with E-state index in [2.05, 4.69) is 10.2 Å². The molecule has 0 spiro atoms. The lowest BCUT2D eigenvalue weighted by Gasteiger charge is -2.29. The van der Waals surface area contributed by atoms with Crippen LogP contribution in [0, 0.1) is 5.82 Å². The first-order valence-corrected chi connectivity index (χ1v) is 5.99. The van der Waals surface area contributed by atoms with Crippen LogP contribution >= 0.6 is 0 Å². The number of nitrogens with one attached hydrogen (secondary N) is 1. The Morgan fingerprint density at radius 1 is 1.29 bits per heavy atom. The van der Waals surface area contributed by atoms with Crippen LogP contribution in [0.1, 0.15) is 26.2 Å². The molecular weight excluding hydrogens is 219 g/mol. The topological polar surface area (TPSA) is 32.3 Å². The molecule has 0 bridgehead atoms. The normalized spacial score (nSPS) is 15.8. The molecule has 17 heavy (non-hydrogen) atoms. The number of anilines is 2. The fraction of sp³-hybridized carbons (Fsp3) is 0.462. The van der Waals surface area contributed by atoms with Crippen molar-refractivity contribution in [1.82, 2.24) is 0 Å². The Balaban J connectivity index is 2.20. The maximum atomic E-state index is 13.5. The van der Waals surface area contributed by atoms with Gasteiger partial charge >= 0.3 is 0 Å². The van der Waals surface area contributed by atoms with Crippen molar-refractivity contribution in [3.05, 3.63) is 24.0 Å². The molecule has 1 aromatic carbocycles. The Morgan fingerprint density at radius 3 is 2.65 bits per heavy atom. The van der Waals surface area contributed by atoms with Gasteiger partial charge in [-0.05, 0) is 37.5 Å². The number of hydrogen-bond acceptors (Lipinski definition) is 2. The van der Waals surface area contributed by atoms with Crippen LogP contribution in [0.5, 0.6) is 0 Å². The summed E-state index contributed by atoms with van der Waals surface area (Å²) in [7, 11) is 0. The van der Waals surface area contributed by atoms with Gasteiger partial charge in [-0.1, -0.05) is 0 Å². The van der Waals surface area contributed by atoms with Crippen LogP contribution in [0.3, 0.4) is 0 Å². The highest BCUT2D eigenvalue weighted by atomic mass is 19.1. The number of nitrogens with zero attached hydrogens (tertiary/aromatic N) is 1. The van der Waals surface area contributed by atoms with Gasteiger partial charge in [-0.3, -0.25) is 4.79 Å². The molecule has 1 aliphatic rings. The average molecular weight is 236 g/mol. The van der Waals surface area contributed by atoms with Crippen LogP contribution in [0.15, 0.2) is 18.2 Å². The monoisotopic (exact) mass is 236 g/mol. The number of rotatable bonds is 2. The van der Waals surface area contributed by atoms with Gasteiger partial charge < -0.3 is 10.2 Å². The number of piperidine rings is 1. The van der Waals surface area contributed by atoms with E-state index < -0.39 is 0 Å². The van der Waals surface area contributed by atoms with Gasteiger partial charge in [-0.15, -0.1) is 0 Å². The fourth-order valence-corrected chi connectivity index (χ4v) is 2.15. The van der Waals surface area contributed by atoms with E-state index in [0.29, 0.717) is 0 Å². The third-order valence-electron chi connectivity index (χ3n) is 2.98. The largest absolute Gasteiger partial charge is 0.371 e. The van der Waals surface area contributed by atoms with Crippen molar-refractivity contribution in [3.8, 4) is 0 Å². The highest BCUT2D eigenvalue weighted by Crippen LogP contribution is 2.25. The smallest absolute Gasteiger partial charge is 0.221 e. The number of halogens is 1. The van der Waals surface area contributed by atoms with Crippen LogP contribution in [-0.2, 0) is 4.79 Å². The molecule has 0 radical (unpaired) electrons. The number of amides is 1. The number of hydrogen-bond donors (Lipinski definition) is 1. The SMILES string of the molecule is CC(=O)Nc1cc(N2CCCCC2)ccc1F. The molecule has 92 valence electrons. The van der Waals surface area contributed by atoms with E-state index in [0.717, 1.165) is 18.8 Å². The summed E-state index contributed by atoms with van der Waals surface area (Å²) >= 11 is 0. The third-order valence-corrected chi connectivity index (χ3v) is 2.98. The predicted octanol–water partition coefficient (Wildman–Crippen LogP) is 2.77. The molecule has 0 atom stereocenters. The zero-order chi connectivity index (χ0) is 12.3. The second kappa shape index (κ2) is 5.17. The second-order valence-electron chi connectivity index (χ2n) is 4.39. The first kappa shape index (κ1) is 11.9. The summed E-state index contributed by atoms with van der Waals surface area (Å²) in [5, 5.41) is 2.51. The van der Waals surface area contributed by atoms with Crippen molar-refractivity contribution >= 4 is 17.3 Å². The summed E-state index contributed by atoms with van der Waals surface area (Å²) in [6.45, 7) is 3.39. The lowest BCUT2D eigenvalue weighted by molar-refractivity contribution is -0.114. The predicted molar refractivity (Wildman–Crippen MR) is 66.8 cm³/mol. The van der Waals surface area contributed by atoms with E-state index in [1.807, 2.05) is 0 Å². The first-order valence-electron chi connectivity index (χ1n) is 5.99.